The maximum atomic E-state index is 5.67. The van der Waals surface area contributed by atoms with Crippen molar-refractivity contribution in [1.29, 1.82) is 0 Å². The van der Waals surface area contributed by atoms with E-state index < -0.39 is 0 Å². The van der Waals surface area contributed by atoms with E-state index in [1.807, 2.05) is 6.07 Å². The number of halogens is 1. The Morgan fingerprint density at radius 3 is 2.73 bits per heavy atom. The molecule has 1 aromatic rings. The highest BCUT2D eigenvalue weighted by molar-refractivity contribution is 9.10. The van der Waals surface area contributed by atoms with E-state index in [1.165, 1.54) is 18.4 Å². The van der Waals surface area contributed by atoms with E-state index in [-0.39, 0.29) is 0 Å². The first-order valence-corrected chi connectivity index (χ1v) is 6.06. The molecule has 2 rings (SSSR count). The summed E-state index contributed by atoms with van der Waals surface area (Å²) in [7, 11) is 1.72. The Hall–Kier alpha value is -0.540. The maximum Gasteiger partial charge on any atom is 0.136 e. The fourth-order valence-corrected chi connectivity index (χ4v) is 2.74. The SMILES string of the molecule is COc1c(Br)cccc1C1(CCN)CC1. The van der Waals surface area contributed by atoms with Crippen LogP contribution in [0.4, 0.5) is 0 Å². The number of rotatable bonds is 4. The molecule has 1 fully saturated rings. The third-order valence-corrected chi connectivity index (χ3v) is 3.84. The monoisotopic (exact) mass is 269 g/mol. The first-order chi connectivity index (χ1) is 7.23. The number of ether oxygens (including phenoxy) is 1. The molecule has 0 atom stereocenters. The lowest BCUT2D eigenvalue weighted by Crippen LogP contribution is -2.14. The lowest BCUT2D eigenvalue weighted by molar-refractivity contribution is 0.399. The number of hydrogen-bond acceptors (Lipinski definition) is 2. The van der Waals surface area contributed by atoms with Crippen LogP contribution in [-0.4, -0.2) is 13.7 Å². The minimum absolute atomic E-state index is 0.296. The molecule has 2 nitrogen and oxygen atoms in total. The quantitative estimate of drug-likeness (QED) is 0.913. The first-order valence-electron chi connectivity index (χ1n) is 5.26. The zero-order chi connectivity index (χ0) is 10.9. The van der Waals surface area contributed by atoms with Gasteiger partial charge in [-0.05, 0) is 47.8 Å². The summed E-state index contributed by atoms with van der Waals surface area (Å²) in [6.45, 7) is 0.746. The van der Waals surface area contributed by atoms with Crippen LogP contribution in [-0.2, 0) is 5.41 Å². The Kier molecular flexibility index (Phi) is 3.03. The molecule has 0 aromatic heterocycles. The molecule has 0 aliphatic heterocycles. The van der Waals surface area contributed by atoms with Gasteiger partial charge in [-0.1, -0.05) is 12.1 Å². The molecule has 0 bridgehead atoms. The van der Waals surface area contributed by atoms with E-state index in [0.29, 0.717) is 5.41 Å². The van der Waals surface area contributed by atoms with Gasteiger partial charge in [0.05, 0.1) is 11.6 Å². The molecular formula is C12H16BrNO. The number of nitrogens with two attached hydrogens (primary N) is 1. The molecule has 3 heteroatoms. The summed E-state index contributed by atoms with van der Waals surface area (Å²) in [5, 5.41) is 0. The molecule has 0 spiro atoms. The summed E-state index contributed by atoms with van der Waals surface area (Å²) in [5.74, 6) is 0.975. The van der Waals surface area contributed by atoms with Crippen LogP contribution < -0.4 is 10.5 Å². The van der Waals surface area contributed by atoms with Gasteiger partial charge in [-0.15, -0.1) is 0 Å². The van der Waals surface area contributed by atoms with Crippen LogP contribution in [0.2, 0.25) is 0 Å². The molecular weight excluding hydrogens is 254 g/mol. The molecule has 1 saturated carbocycles. The number of para-hydroxylation sites is 1. The van der Waals surface area contributed by atoms with Crippen molar-refractivity contribution >= 4 is 15.9 Å². The van der Waals surface area contributed by atoms with E-state index in [1.54, 1.807) is 7.11 Å². The van der Waals surface area contributed by atoms with Crippen molar-refractivity contribution in [3.8, 4) is 5.75 Å². The molecule has 2 N–H and O–H groups in total. The van der Waals surface area contributed by atoms with Crippen LogP contribution in [0.5, 0.6) is 5.75 Å². The Morgan fingerprint density at radius 2 is 2.20 bits per heavy atom. The van der Waals surface area contributed by atoms with Gasteiger partial charge in [0, 0.05) is 11.0 Å². The molecule has 1 aliphatic carbocycles. The van der Waals surface area contributed by atoms with Gasteiger partial charge in [0.1, 0.15) is 5.75 Å². The Morgan fingerprint density at radius 1 is 1.47 bits per heavy atom. The van der Waals surface area contributed by atoms with Gasteiger partial charge in [-0.3, -0.25) is 0 Å². The van der Waals surface area contributed by atoms with Crippen LogP contribution in [0.3, 0.4) is 0 Å². The fraction of sp³-hybridized carbons (Fsp3) is 0.500. The summed E-state index contributed by atoms with van der Waals surface area (Å²) in [4.78, 5) is 0. The van der Waals surface area contributed by atoms with Crippen molar-refractivity contribution in [2.45, 2.75) is 24.7 Å². The van der Waals surface area contributed by atoms with Gasteiger partial charge < -0.3 is 10.5 Å². The molecule has 0 radical (unpaired) electrons. The van der Waals surface area contributed by atoms with E-state index in [2.05, 4.69) is 28.1 Å². The highest BCUT2D eigenvalue weighted by atomic mass is 79.9. The lowest BCUT2D eigenvalue weighted by Gasteiger charge is -2.18. The standard InChI is InChI=1S/C12H16BrNO/c1-15-11-9(3-2-4-10(11)13)12(5-6-12)7-8-14/h2-4H,5-8,14H2,1H3. The van der Waals surface area contributed by atoms with Crippen LogP contribution >= 0.6 is 15.9 Å². The minimum atomic E-state index is 0.296. The Labute approximate surface area is 98.9 Å². The Balaban J connectivity index is 2.39. The first kappa shape index (κ1) is 11.0. The van der Waals surface area contributed by atoms with Crippen LogP contribution in [0.25, 0.3) is 0 Å². The third-order valence-electron chi connectivity index (χ3n) is 3.22. The molecule has 0 saturated heterocycles. The van der Waals surface area contributed by atoms with Crippen molar-refractivity contribution in [3.63, 3.8) is 0 Å². The fourth-order valence-electron chi connectivity index (χ4n) is 2.22. The topological polar surface area (TPSA) is 35.2 Å². The second kappa shape index (κ2) is 4.14. The highest BCUT2D eigenvalue weighted by Gasteiger charge is 2.45. The number of methoxy groups -OCH3 is 1. The summed E-state index contributed by atoms with van der Waals surface area (Å²) in [6.07, 6.45) is 3.52. The largest absolute Gasteiger partial charge is 0.495 e. The summed E-state index contributed by atoms with van der Waals surface area (Å²) < 4.78 is 6.49. The van der Waals surface area contributed by atoms with Gasteiger partial charge in [0.2, 0.25) is 0 Å². The predicted molar refractivity (Wildman–Crippen MR) is 65.3 cm³/mol. The average Bonchev–Trinajstić information content (AvgIpc) is 2.99. The van der Waals surface area contributed by atoms with Crippen molar-refractivity contribution in [1.82, 2.24) is 0 Å². The predicted octanol–water partition coefficient (Wildman–Crippen LogP) is 2.84. The minimum Gasteiger partial charge on any atom is -0.495 e. The smallest absolute Gasteiger partial charge is 0.136 e. The van der Waals surface area contributed by atoms with Gasteiger partial charge in [-0.2, -0.15) is 0 Å². The molecule has 0 heterocycles. The van der Waals surface area contributed by atoms with E-state index in [4.69, 9.17) is 10.5 Å². The van der Waals surface area contributed by atoms with Crippen LogP contribution in [0.1, 0.15) is 24.8 Å². The molecule has 15 heavy (non-hydrogen) atoms. The van der Waals surface area contributed by atoms with Crippen molar-refractivity contribution in [2.75, 3.05) is 13.7 Å². The average molecular weight is 270 g/mol. The number of hydrogen-bond donors (Lipinski definition) is 1. The molecule has 0 unspecified atom stereocenters. The van der Waals surface area contributed by atoms with Crippen molar-refractivity contribution in [3.05, 3.63) is 28.2 Å². The molecule has 1 aromatic carbocycles. The van der Waals surface area contributed by atoms with E-state index >= 15 is 0 Å². The lowest BCUT2D eigenvalue weighted by atomic mass is 9.91. The zero-order valence-corrected chi connectivity index (χ0v) is 10.5. The zero-order valence-electron chi connectivity index (χ0n) is 8.92. The van der Waals surface area contributed by atoms with Gasteiger partial charge in [0.15, 0.2) is 0 Å². The second-order valence-corrected chi connectivity index (χ2v) is 4.99. The normalized spacial score (nSPS) is 17.5. The summed E-state index contributed by atoms with van der Waals surface area (Å²) in [5.41, 5.74) is 7.27. The number of benzene rings is 1. The van der Waals surface area contributed by atoms with E-state index in [0.717, 1.165) is 23.2 Å². The summed E-state index contributed by atoms with van der Waals surface area (Å²) in [6, 6.07) is 6.24. The van der Waals surface area contributed by atoms with Crippen LogP contribution in [0, 0.1) is 0 Å². The van der Waals surface area contributed by atoms with Gasteiger partial charge in [-0.25, -0.2) is 0 Å². The molecule has 82 valence electrons. The van der Waals surface area contributed by atoms with Crippen molar-refractivity contribution in [2.24, 2.45) is 5.73 Å². The summed E-state index contributed by atoms with van der Waals surface area (Å²) >= 11 is 3.52. The second-order valence-electron chi connectivity index (χ2n) is 4.14. The maximum absolute atomic E-state index is 5.67. The van der Waals surface area contributed by atoms with E-state index in [9.17, 15) is 0 Å². The molecule has 1 aliphatic rings. The molecule has 0 amide bonds. The van der Waals surface area contributed by atoms with Gasteiger partial charge in [0.25, 0.3) is 0 Å². The van der Waals surface area contributed by atoms with Gasteiger partial charge >= 0.3 is 0 Å². The van der Waals surface area contributed by atoms with Crippen molar-refractivity contribution < 1.29 is 4.74 Å². The highest BCUT2D eigenvalue weighted by Crippen LogP contribution is 2.54. The Bertz CT molecular complexity index is 361. The van der Waals surface area contributed by atoms with Crippen LogP contribution in [0.15, 0.2) is 22.7 Å². The third kappa shape index (κ3) is 1.91.